The van der Waals surface area contributed by atoms with Crippen molar-refractivity contribution in [3.05, 3.63) is 82.6 Å². The van der Waals surface area contributed by atoms with E-state index in [1.54, 1.807) is 48.7 Å². The highest BCUT2D eigenvalue weighted by Crippen LogP contribution is 2.23. The van der Waals surface area contributed by atoms with Gasteiger partial charge in [-0.3, -0.25) is 4.79 Å². The maximum Gasteiger partial charge on any atom is 0.337 e. The van der Waals surface area contributed by atoms with Gasteiger partial charge in [-0.15, -0.1) is 0 Å². The van der Waals surface area contributed by atoms with E-state index >= 15 is 0 Å². The van der Waals surface area contributed by atoms with Crippen LogP contribution in [0.3, 0.4) is 0 Å². The lowest BCUT2D eigenvalue weighted by Crippen LogP contribution is -2.13. The first-order chi connectivity index (χ1) is 13.5. The van der Waals surface area contributed by atoms with Crippen molar-refractivity contribution in [2.45, 2.75) is 6.92 Å². The molecule has 0 bridgehead atoms. The highest BCUT2D eigenvalue weighted by atomic mass is 35.5. The SMILES string of the molecule is COC(=O)c1ccc(NC(=O)c2ccc(Nc3ccc(Cl)cc3C)cn2)cc1. The molecule has 1 heterocycles. The molecule has 0 fully saturated rings. The number of hydrogen-bond acceptors (Lipinski definition) is 5. The highest BCUT2D eigenvalue weighted by Gasteiger charge is 2.10. The van der Waals surface area contributed by atoms with Crippen molar-refractivity contribution in [3.8, 4) is 0 Å². The molecular weight excluding hydrogens is 378 g/mol. The molecule has 28 heavy (non-hydrogen) atoms. The summed E-state index contributed by atoms with van der Waals surface area (Å²) >= 11 is 5.97. The number of methoxy groups -OCH3 is 1. The first-order valence-electron chi connectivity index (χ1n) is 8.45. The Morgan fingerprint density at radius 3 is 2.32 bits per heavy atom. The van der Waals surface area contributed by atoms with Crippen LogP contribution in [0.5, 0.6) is 0 Å². The summed E-state index contributed by atoms with van der Waals surface area (Å²) < 4.78 is 4.64. The largest absolute Gasteiger partial charge is 0.465 e. The number of aryl methyl sites for hydroxylation is 1. The summed E-state index contributed by atoms with van der Waals surface area (Å²) in [5.74, 6) is -0.779. The molecule has 3 aromatic rings. The number of amides is 1. The van der Waals surface area contributed by atoms with Crippen LogP contribution in [-0.4, -0.2) is 24.0 Å². The lowest BCUT2D eigenvalue weighted by molar-refractivity contribution is 0.0600. The Bertz CT molecular complexity index is 1000. The number of rotatable bonds is 5. The number of esters is 1. The van der Waals surface area contributed by atoms with Gasteiger partial charge >= 0.3 is 5.97 Å². The average molecular weight is 396 g/mol. The Balaban J connectivity index is 1.65. The summed E-state index contributed by atoms with van der Waals surface area (Å²) in [7, 11) is 1.32. The van der Waals surface area contributed by atoms with E-state index < -0.39 is 5.97 Å². The van der Waals surface area contributed by atoms with Gasteiger partial charge in [0.2, 0.25) is 0 Å². The number of nitrogens with one attached hydrogen (secondary N) is 2. The Labute approximate surface area is 167 Å². The van der Waals surface area contributed by atoms with Crippen molar-refractivity contribution in [1.82, 2.24) is 4.98 Å². The number of pyridine rings is 1. The van der Waals surface area contributed by atoms with E-state index in [1.807, 2.05) is 19.1 Å². The van der Waals surface area contributed by atoms with Crippen LogP contribution in [0.2, 0.25) is 5.02 Å². The molecule has 7 heteroatoms. The van der Waals surface area contributed by atoms with Crippen LogP contribution < -0.4 is 10.6 Å². The molecule has 2 aromatic carbocycles. The number of ether oxygens (including phenoxy) is 1. The number of nitrogens with zero attached hydrogens (tertiary/aromatic N) is 1. The number of aromatic nitrogens is 1. The fourth-order valence-corrected chi connectivity index (χ4v) is 2.75. The third-order valence-corrected chi connectivity index (χ3v) is 4.26. The van der Waals surface area contributed by atoms with Gasteiger partial charge < -0.3 is 15.4 Å². The van der Waals surface area contributed by atoms with E-state index in [0.29, 0.717) is 16.3 Å². The topological polar surface area (TPSA) is 80.3 Å². The number of anilines is 3. The summed E-state index contributed by atoms with van der Waals surface area (Å²) in [5.41, 5.74) is 3.91. The first-order valence-corrected chi connectivity index (χ1v) is 8.83. The van der Waals surface area contributed by atoms with Gasteiger partial charge in [0.25, 0.3) is 5.91 Å². The lowest BCUT2D eigenvalue weighted by atomic mass is 10.2. The van der Waals surface area contributed by atoms with E-state index in [4.69, 9.17) is 11.6 Å². The van der Waals surface area contributed by atoms with E-state index in [9.17, 15) is 9.59 Å². The highest BCUT2D eigenvalue weighted by molar-refractivity contribution is 6.30. The van der Waals surface area contributed by atoms with Crippen molar-refractivity contribution in [1.29, 1.82) is 0 Å². The standard InChI is InChI=1S/C21H18ClN3O3/c1-13-11-15(22)5-9-18(13)24-17-8-10-19(23-12-17)20(26)25-16-6-3-14(4-7-16)21(27)28-2/h3-12,24H,1-2H3,(H,25,26). The average Bonchev–Trinajstić information content (AvgIpc) is 2.70. The molecule has 0 saturated carbocycles. The monoisotopic (exact) mass is 395 g/mol. The van der Waals surface area contributed by atoms with Gasteiger partial charge in [-0.25, -0.2) is 9.78 Å². The minimum Gasteiger partial charge on any atom is -0.465 e. The second-order valence-corrected chi connectivity index (χ2v) is 6.48. The minimum atomic E-state index is -0.432. The van der Waals surface area contributed by atoms with Crippen LogP contribution in [-0.2, 0) is 4.74 Å². The van der Waals surface area contributed by atoms with Crippen molar-refractivity contribution in [2.75, 3.05) is 17.7 Å². The van der Waals surface area contributed by atoms with Crippen molar-refractivity contribution in [3.63, 3.8) is 0 Å². The molecule has 6 nitrogen and oxygen atoms in total. The number of halogens is 1. The molecule has 0 atom stereocenters. The van der Waals surface area contributed by atoms with Crippen molar-refractivity contribution >= 4 is 40.5 Å². The molecule has 0 aliphatic carbocycles. The molecule has 0 aliphatic heterocycles. The predicted octanol–water partition coefficient (Wildman–Crippen LogP) is 4.83. The first kappa shape index (κ1) is 19.4. The Morgan fingerprint density at radius 2 is 1.71 bits per heavy atom. The molecular formula is C21H18ClN3O3. The van der Waals surface area contributed by atoms with Crippen LogP contribution >= 0.6 is 11.6 Å². The Hall–Kier alpha value is -3.38. The zero-order valence-electron chi connectivity index (χ0n) is 15.3. The predicted molar refractivity (Wildman–Crippen MR) is 109 cm³/mol. The van der Waals surface area contributed by atoms with Crippen LogP contribution in [0.15, 0.2) is 60.8 Å². The van der Waals surface area contributed by atoms with Gasteiger partial charge in [-0.1, -0.05) is 11.6 Å². The quantitative estimate of drug-likeness (QED) is 0.605. The number of carbonyl (C=O) groups excluding carboxylic acids is 2. The molecule has 2 N–H and O–H groups in total. The molecule has 0 unspecified atom stereocenters. The van der Waals surface area contributed by atoms with Gasteiger partial charge in [-0.2, -0.15) is 0 Å². The maximum absolute atomic E-state index is 12.3. The molecule has 0 aliphatic rings. The van der Waals surface area contributed by atoms with Crippen LogP contribution in [0.25, 0.3) is 0 Å². The zero-order chi connectivity index (χ0) is 20.1. The number of carbonyl (C=O) groups is 2. The molecule has 1 aromatic heterocycles. The summed E-state index contributed by atoms with van der Waals surface area (Å²) in [4.78, 5) is 28.0. The van der Waals surface area contributed by atoms with Crippen LogP contribution in [0.1, 0.15) is 26.4 Å². The summed E-state index contributed by atoms with van der Waals surface area (Å²) in [5, 5.41) is 6.65. The van der Waals surface area contributed by atoms with Gasteiger partial charge in [0.15, 0.2) is 0 Å². The summed E-state index contributed by atoms with van der Waals surface area (Å²) in [6, 6.07) is 15.4. The fraction of sp³-hybridized carbons (Fsp3) is 0.0952. The van der Waals surface area contributed by atoms with Gasteiger partial charge in [0, 0.05) is 16.4 Å². The van der Waals surface area contributed by atoms with Crippen molar-refractivity contribution < 1.29 is 14.3 Å². The van der Waals surface area contributed by atoms with Crippen molar-refractivity contribution in [2.24, 2.45) is 0 Å². The Kier molecular flexibility index (Phi) is 5.91. The third-order valence-electron chi connectivity index (χ3n) is 4.03. The van der Waals surface area contributed by atoms with Gasteiger partial charge in [0.05, 0.1) is 24.6 Å². The van der Waals surface area contributed by atoms with Gasteiger partial charge in [-0.05, 0) is 67.1 Å². The molecule has 0 spiro atoms. The smallest absolute Gasteiger partial charge is 0.337 e. The van der Waals surface area contributed by atoms with Crippen LogP contribution in [0, 0.1) is 6.92 Å². The molecule has 3 rings (SSSR count). The van der Waals surface area contributed by atoms with E-state index in [-0.39, 0.29) is 11.6 Å². The van der Waals surface area contributed by atoms with Crippen LogP contribution in [0.4, 0.5) is 17.1 Å². The number of hydrogen-bond donors (Lipinski definition) is 2. The zero-order valence-corrected chi connectivity index (χ0v) is 16.1. The molecule has 0 radical (unpaired) electrons. The van der Waals surface area contributed by atoms with Gasteiger partial charge in [0.1, 0.15) is 5.69 Å². The molecule has 1 amide bonds. The normalized spacial score (nSPS) is 10.2. The van der Waals surface area contributed by atoms with E-state index in [1.165, 1.54) is 7.11 Å². The maximum atomic E-state index is 12.3. The molecule has 0 saturated heterocycles. The van der Waals surface area contributed by atoms with E-state index in [2.05, 4.69) is 20.4 Å². The molecule has 142 valence electrons. The number of benzene rings is 2. The second-order valence-electron chi connectivity index (χ2n) is 6.04. The third kappa shape index (κ3) is 4.66. The lowest BCUT2D eigenvalue weighted by Gasteiger charge is -2.10. The van der Waals surface area contributed by atoms with E-state index in [0.717, 1.165) is 16.9 Å². The fourth-order valence-electron chi connectivity index (χ4n) is 2.53. The summed E-state index contributed by atoms with van der Waals surface area (Å²) in [6.45, 7) is 1.95. The summed E-state index contributed by atoms with van der Waals surface area (Å²) in [6.07, 6.45) is 1.59. The minimum absolute atomic E-state index is 0.274. The second kappa shape index (κ2) is 8.54. The Morgan fingerprint density at radius 1 is 1.00 bits per heavy atom.